The zero-order valence-electron chi connectivity index (χ0n) is 18.0. The molecule has 5 nitrogen and oxygen atoms in total. The Hall–Kier alpha value is -3.44. The van der Waals surface area contributed by atoms with Crippen molar-refractivity contribution in [3.63, 3.8) is 0 Å². The number of benzene rings is 2. The van der Waals surface area contributed by atoms with Crippen molar-refractivity contribution in [2.75, 3.05) is 6.61 Å². The fraction of sp³-hybridized carbons (Fsp3) is 0.231. The first-order valence-electron chi connectivity index (χ1n) is 10.5. The van der Waals surface area contributed by atoms with Gasteiger partial charge in [-0.15, -0.1) is 0 Å². The van der Waals surface area contributed by atoms with E-state index in [0.29, 0.717) is 17.7 Å². The van der Waals surface area contributed by atoms with Crippen molar-refractivity contribution in [3.05, 3.63) is 94.9 Å². The molecule has 5 heteroatoms. The van der Waals surface area contributed by atoms with Crippen LogP contribution in [0.3, 0.4) is 0 Å². The summed E-state index contributed by atoms with van der Waals surface area (Å²) in [4.78, 5) is 16.3. The lowest BCUT2D eigenvalue weighted by Gasteiger charge is -2.20. The van der Waals surface area contributed by atoms with Crippen LogP contribution in [0.25, 0.3) is 16.8 Å². The molecule has 158 valence electrons. The Bertz CT molecular complexity index is 1230. The molecule has 0 saturated heterocycles. The van der Waals surface area contributed by atoms with Crippen LogP contribution in [0.4, 0.5) is 0 Å². The van der Waals surface area contributed by atoms with E-state index in [1.165, 1.54) is 0 Å². The number of ether oxygens (including phenoxy) is 1. The van der Waals surface area contributed by atoms with E-state index >= 15 is 0 Å². The topological polar surface area (TPSA) is 63.8 Å². The largest absolute Gasteiger partial charge is 0.478 e. The maximum Gasteiger partial charge on any atom is 0.336 e. The molecule has 0 unspecified atom stereocenters. The molecule has 2 aromatic heterocycles. The fourth-order valence-electron chi connectivity index (χ4n) is 3.93. The van der Waals surface area contributed by atoms with Crippen LogP contribution in [0, 0.1) is 6.92 Å². The minimum absolute atomic E-state index is 0.254. The summed E-state index contributed by atoms with van der Waals surface area (Å²) in [5.41, 5.74) is 7.01. The summed E-state index contributed by atoms with van der Waals surface area (Å²) < 4.78 is 8.30. The van der Waals surface area contributed by atoms with Crippen molar-refractivity contribution in [1.82, 2.24) is 9.38 Å². The molecule has 4 aromatic rings. The Balaban J connectivity index is 1.77. The summed E-state index contributed by atoms with van der Waals surface area (Å²) in [6, 6.07) is 19.2. The normalized spacial score (nSPS) is 12.2. The molecule has 0 aliphatic rings. The summed E-state index contributed by atoms with van der Waals surface area (Å²) in [6.45, 7) is 6.72. The van der Waals surface area contributed by atoms with E-state index in [1.54, 1.807) is 12.1 Å². The van der Waals surface area contributed by atoms with Gasteiger partial charge in [-0.1, -0.05) is 55.5 Å². The van der Waals surface area contributed by atoms with Gasteiger partial charge in [-0.3, -0.25) is 0 Å². The quantitative estimate of drug-likeness (QED) is 0.422. The number of rotatable bonds is 7. The summed E-state index contributed by atoms with van der Waals surface area (Å²) in [7, 11) is 0. The molecule has 1 atom stereocenters. The van der Waals surface area contributed by atoms with Gasteiger partial charge in [0.05, 0.1) is 17.0 Å². The lowest BCUT2D eigenvalue weighted by molar-refractivity contribution is 0.0697. The molecule has 0 aliphatic heterocycles. The molecular weight excluding hydrogens is 388 g/mol. The third-order valence-corrected chi connectivity index (χ3v) is 5.54. The Morgan fingerprint density at radius 2 is 1.81 bits per heavy atom. The number of carbonyl (C=O) groups is 1. The zero-order valence-corrected chi connectivity index (χ0v) is 18.0. The van der Waals surface area contributed by atoms with Gasteiger partial charge in [-0.05, 0) is 54.7 Å². The number of carboxylic acids is 1. The molecule has 1 N–H and O–H groups in total. The molecule has 2 aromatic carbocycles. The van der Waals surface area contributed by atoms with Crippen LogP contribution in [0.5, 0.6) is 0 Å². The minimum atomic E-state index is -0.930. The van der Waals surface area contributed by atoms with Gasteiger partial charge in [0.15, 0.2) is 0 Å². The number of pyridine rings is 1. The number of fused-ring (bicyclic) bond motifs is 1. The number of nitrogens with zero attached hydrogens (tertiary/aromatic N) is 2. The van der Waals surface area contributed by atoms with Gasteiger partial charge >= 0.3 is 5.97 Å². The van der Waals surface area contributed by atoms with Gasteiger partial charge in [0, 0.05) is 12.8 Å². The standard InChI is InChI=1S/C26H26N2O3/c1-4-20-16-28-23(15-10-17(3)25(28)27-20)24(31-5-2)19-13-11-18(12-14-19)21-8-6-7-9-22(21)26(29)30/h6-16,24H,4-5H2,1-3H3,(H,29,30)/t24-/m1/s1. The number of hydrogen-bond acceptors (Lipinski definition) is 3. The highest BCUT2D eigenvalue weighted by molar-refractivity contribution is 5.96. The molecule has 0 bridgehead atoms. The van der Waals surface area contributed by atoms with Crippen LogP contribution in [-0.4, -0.2) is 27.1 Å². The van der Waals surface area contributed by atoms with Gasteiger partial charge in [-0.25, -0.2) is 9.78 Å². The van der Waals surface area contributed by atoms with Crippen LogP contribution < -0.4 is 0 Å². The molecule has 4 rings (SSSR count). The van der Waals surface area contributed by atoms with Gasteiger partial charge in [-0.2, -0.15) is 0 Å². The maximum atomic E-state index is 11.6. The first-order valence-corrected chi connectivity index (χ1v) is 10.5. The van der Waals surface area contributed by atoms with E-state index in [4.69, 9.17) is 9.72 Å². The number of hydrogen-bond donors (Lipinski definition) is 1. The molecule has 0 aliphatic carbocycles. The SMILES string of the molecule is CCO[C@H](c1ccc(-c2ccccc2C(=O)O)cc1)c1ccc(C)c2nc(CC)cn12. The first-order chi connectivity index (χ1) is 15.0. The number of carboxylic acid groups (broad SMARTS) is 1. The van der Waals surface area contributed by atoms with E-state index in [-0.39, 0.29) is 6.10 Å². The molecule has 0 fully saturated rings. The molecule has 2 heterocycles. The average Bonchev–Trinajstić information content (AvgIpc) is 3.24. The van der Waals surface area contributed by atoms with Gasteiger partial charge in [0.2, 0.25) is 0 Å². The van der Waals surface area contributed by atoms with Crippen molar-refractivity contribution in [2.45, 2.75) is 33.3 Å². The second-order valence-electron chi connectivity index (χ2n) is 7.53. The summed E-state index contributed by atoms with van der Waals surface area (Å²) in [5.74, 6) is -0.930. The maximum absolute atomic E-state index is 11.6. The zero-order chi connectivity index (χ0) is 22.0. The number of aromatic nitrogens is 2. The van der Waals surface area contributed by atoms with Crippen molar-refractivity contribution in [3.8, 4) is 11.1 Å². The van der Waals surface area contributed by atoms with Crippen LogP contribution in [0.15, 0.2) is 66.9 Å². The van der Waals surface area contributed by atoms with Gasteiger partial charge < -0.3 is 14.2 Å². The highest BCUT2D eigenvalue weighted by Crippen LogP contribution is 2.31. The number of imidazole rings is 1. The van der Waals surface area contributed by atoms with E-state index in [0.717, 1.165) is 40.1 Å². The highest BCUT2D eigenvalue weighted by atomic mass is 16.5. The fourth-order valence-corrected chi connectivity index (χ4v) is 3.93. The molecule has 31 heavy (non-hydrogen) atoms. The highest BCUT2D eigenvalue weighted by Gasteiger charge is 2.20. The summed E-state index contributed by atoms with van der Waals surface area (Å²) in [6.07, 6.45) is 2.70. The van der Waals surface area contributed by atoms with Crippen LogP contribution in [0.1, 0.15) is 52.8 Å². The minimum Gasteiger partial charge on any atom is -0.478 e. The van der Waals surface area contributed by atoms with Crippen molar-refractivity contribution in [1.29, 1.82) is 0 Å². The average molecular weight is 415 g/mol. The Labute approximate surface area is 182 Å². The lowest BCUT2D eigenvalue weighted by atomic mass is 9.97. The van der Waals surface area contributed by atoms with Crippen LogP contribution in [0.2, 0.25) is 0 Å². The Morgan fingerprint density at radius 1 is 1.06 bits per heavy atom. The van der Waals surface area contributed by atoms with Crippen molar-refractivity contribution < 1.29 is 14.6 Å². The Morgan fingerprint density at radius 3 is 2.48 bits per heavy atom. The molecule has 0 radical (unpaired) electrons. The molecular formula is C26H26N2O3. The molecule has 0 spiro atoms. The molecule has 0 saturated carbocycles. The lowest BCUT2D eigenvalue weighted by Crippen LogP contribution is -2.11. The van der Waals surface area contributed by atoms with E-state index < -0.39 is 5.97 Å². The van der Waals surface area contributed by atoms with Gasteiger partial charge in [0.25, 0.3) is 0 Å². The van der Waals surface area contributed by atoms with E-state index in [1.807, 2.05) is 43.3 Å². The van der Waals surface area contributed by atoms with Gasteiger partial charge in [0.1, 0.15) is 11.8 Å². The smallest absolute Gasteiger partial charge is 0.336 e. The second kappa shape index (κ2) is 8.74. The third-order valence-electron chi connectivity index (χ3n) is 5.54. The van der Waals surface area contributed by atoms with Crippen molar-refractivity contribution in [2.24, 2.45) is 0 Å². The predicted octanol–water partition coefficient (Wildman–Crippen LogP) is 5.70. The second-order valence-corrected chi connectivity index (χ2v) is 7.53. The number of aromatic carboxylic acids is 1. The van der Waals surface area contributed by atoms with Crippen LogP contribution >= 0.6 is 0 Å². The van der Waals surface area contributed by atoms with E-state index in [9.17, 15) is 9.90 Å². The van der Waals surface area contributed by atoms with Crippen molar-refractivity contribution >= 4 is 11.6 Å². The molecule has 0 amide bonds. The summed E-state index contributed by atoms with van der Waals surface area (Å²) >= 11 is 0. The Kier molecular flexibility index (Phi) is 5.87. The number of aryl methyl sites for hydroxylation is 2. The summed E-state index contributed by atoms with van der Waals surface area (Å²) in [5, 5.41) is 9.51. The monoisotopic (exact) mass is 414 g/mol. The third kappa shape index (κ3) is 3.97. The van der Waals surface area contributed by atoms with E-state index in [2.05, 4.69) is 36.6 Å². The first kappa shape index (κ1) is 20.8. The van der Waals surface area contributed by atoms with Crippen LogP contribution in [-0.2, 0) is 11.2 Å². The predicted molar refractivity (Wildman–Crippen MR) is 122 cm³/mol.